The zero-order valence-electron chi connectivity index (χ0n) is 15.4. The molecule has 0 aliphatic heterocycles. The van der Waals surface area contributed by atoms with E-state index in [2.05, 4.69) is 55.2 Å². The molecule has 0 heterocycles. The van der Waals surface area contributed by atoms with E-state index in [0.29, 0.717) is 11.5 Å². The fraction of sp³-hybridized carbons (Fsp3) is 0.280. The summed E-state index contributed by atoms with van der Waals surface area (Å²) in [6.07, 6.45) is 4.44. The predicted molar refractivity (Wildman–Crippen MR) is 107 cm³/mol. The molecule has 3 aromatic rings. The van der Waals surface area contributed by atoms with Gasteiger partial charge in [0, 0.05) is 11.5 Å². The third kappa shape index (κ3) is 3.47. The largest absolute Gasteiger partial charge is 0.204 e. The van der Waals surface area contributed by atoms with Crippen molar-refractivity contribution in [2.75, 3.05) is 0 Å². The number of halogens is 2. The lowest BCUT2D eigenvalue weighted by Crippen LogP contribution is -2.20. The molecule has 1 aliphatic rings. The SMILES string of the molecule is CCC[C@@H]1CCc2c(ccc3ccccc23)[C@H]1C#Cc1ccc(F)c(F)c1. The van der Waals surface area contributed by atoms with Crippen molar-refractivity contribution in [1.82, 2.24) is 0 Å². The zero-order valence-corrected chi connectivity index (χ0v) is 15.4. The Morgan fingerprint density at radius 3 is 2.67 bits per heavy atom. The minimum Gasteiger partial charge on any atom is -0.204 e. The summed E-state index contributed by atoms with van der Waals surface area (Å²) < 4.78 is 26.7. The number of benzene rings is 3. The molecule has 0 saturated carbocycles. The normalized spacial score (nSPS) is 18.6. The summed E-state index contributed by atoms with van der Waals surface area (Å²) in [4.78, 5) is 0. The highest BCUT2D eigenvalue weighted by Crippen LogP contribution is 2.41. The van der Waals surface area contributed by atoms with Crippen molar-refractivity contribution in [3.8, 4) is 11.8 Å². The van der Waals surface area contributed by atoms with Crippen LogP contribution in [0.25, 0.3) is 10.8 Å². The average Bonchev–Trinajstić information content (AvgIpc) is 2.69. The fourth-order valence-electron chi connectivity index (χ4n) is 4.29. The number of hydrogen-bond acceptors (Lipinski definition) is 0. The van der Waals surface area contributed by atoms with Crippen molar-refractivity contribution in [3.63, 3.8) is 0 Å². The lowest BCUT2D eigenvalue weighted by Gasteiger charge is -2.31. The van der Waals surface area contributed by atoms with Gasteiger partial charge < -0.3 is 0 Å². The van der Waals surface area contributed by atoms with Crippen LogP contribution in [0, 0.1) is 29.4 Å². The van der Waals surface area contributed by atoms with Gasteiger partial charge >= 0.3 is 0 Å². The molecule has 3 aromatic carbocycles. The molecular weight excluding hydrogens is 338 g/mol. The van der Waals surface area contributed by atoms with Crippen LogP contribution in [0.3, 0.4) is 0 Å². The highest BCUT2D eigenvalue weighted by atomic mass is 19.2. The molecular formula is C25H22F2. The van der Waals surface area contributed by atoms with E-state index in [9.17, 15) is 8.78 Å². The van der Waals surface area contributed by atoms with Gasteiger partial charge in [-0.05, 0) is 65.3 Å². The van der Waals surface area contributed by atoms with E-state index in [1.807, 2.05) is 0 Å². The molecule has 0 saturated heterocycles. The summed E-state index contributed by atoms with van der Waals surface area (Å²) in [5, 5.41) is 2.57. The molecule has 0 spiro atoms. The fourth-order valence-corrected chi connectivity index (χ4v) is 4.29. The molecule has 2 heteroatoms. The number of aryl methyl sites for hydroxylation is 1. The van der Waals surface area contributed by atoms with Crippen molar-refractivity contribution >= 4 is 10.8 Å². The van der Waals surface area contributed by atoms with Crippen LogP contribution in [-0.4, -0.2) is 0 Å². The molecule has 0 radical (unpaired) electrons. The van der Waals surface area contributed by atoms with Crippen LogP contribution in [0.1, 0.15) is 48.8 Å². The molecule has 0 aromatic heterocycles. The Bertz CT molecular complexity index is 1040. The van der Waals surface area contributed by atoms with E-state index in [4.69, 9.17) is 0 Å². The average molecular weight is 360 g/mol. The van der Waals surface area contributed by atoms with Crippen molar-refractivity contribution < 1.29 is 8.78 Å². The first kappa shape index (κ1) is 17.7. The standard InChI is InChI=1S/C25H22F2/c1-2-5-18-10-13-22-20-7-4-3-6-19(20)11-14-23(22)21(18)12-8-17-9-15-24(26)25(27)16-17/h3-4,6-7,9,11,14-16,18,21H,2,5,10,13H2,1H3/t18-,21+/m1/s1. The van der Waals surface area contributed by atoms with Crippen LogP contribution >= 0.6 is 0 Å². The minimum absolute atomic E-state index is 0.131. The second-order valence-electron chi connectivity index (χ2n) is 7.32. The van der Waals surface area contributed by atoms with Gasteiger partial charge in [0.1, 0.15) is 0 Å². The molecule has 0 nitrogen and oxygen atoms in total. The third-order valence-corrected chi connectivity index (χ3v) is 5.60. The Hall–Kier alpha value is -2.66. The summed E-state index contributed by atoms with van der Waals surface area (Å²) in [5.41, 5.74) is 3.22. The van der Waals surface area contributed by atoms with Gasteiger partial charge in [0.05, 0.1) is 0 Å². The summed E-state index contributed by atoms with van der Waals surface area (Å²) in [6.45, 7) is 2.20. The molecule has 0 fully saturated rings. The lowest BCUT2D eigenvalue weighted by atomic mass is 9.72. The Labute approximate surface area is 159 Å². The topological polar surface area (TPSA) is 0 Å². The smallest absolute Gasteiger partial charge is 0.160 e. The van der Waals surface area contributed by atoms with Gasteiger partial charge in [-0.3, -0.25) is 0 Å². The van der Waals surface area contributed by atoms with Crippen molar-refractivity contribution in [2.24, 2.45) is 5.92 Å². The summed E-state index contributed by atoms with van der Waals surface area (Å²) in [5.74, 6) is 5.46. The Morgan fingerprint density at radius 1 is 1.00 bits per heavy atom. The van der Waals surface area contributed by atoms with Gasteiger partial charge in [-0.2, -0.15) is 0 Å². The molecule has 27 heavy (non-hydrogen) atoms. The van der Waals surface area contributed by atoms with Crippen molar-refractivity contribution in [3.05, 3.63) is 82.9 Å². The van der Waals surface area contributed by atoms with Gasteiger partial charge in [0.15, 0.2) is 11.6 Å². The highest BCUT2D eigenvalue weighted by molar-refractivity contribution is 5.87. The van der Waals surface area contributed by atoms with Gasteiger partial charge in [-0.25, -0.2) is 8.78 Å². The first-order valence-corrected chi connectivity index (χ1v) is 9.64. The van der Waals surface area contributed by atoms with Gasteiger partial charge in [0.2, 0.25) is 0 Å². The number of fused-ring (bicyclic) bond motifs is 3. The number of hydrogen-bond donors (Lipinski definition) is 0. The maximum atomic E-state index is 13.5. The van der Waals surface area contributed by atoms with Crippen LogP contribution in [-0.2, 0) is 6.42 Å². The Balaban J connectivity index is 1.78. The lowest BCUT2D eigenvalue weighted by molar-refractivity contribution is 0.394. The molecule has 4 rings (SSSR count). The molecule has 0 bridgehead atoms. The first-order valence-electron chi connectivity index (χ1n) is 9.64. The van der Waals surface area contributed by atoms with Gasteiger partial charge in [-0.1, -0.05) is 61.6 Å². The molecule has 0 amide bonds. The second kappa shape index (κ2) is 7.53. The van der Waals surface area contributed by atoms with E-state index < -0.39 is 11.6 Å². The molecule has 0 unspecified atom stereocenters. The van der Waals surface area contributed by atoms with Crippen molar-refractivity contribution in [1.29, 1.82) is 0 Å². The van der Waals surface area contributed by atoms with Crippen LogP contribution in [0.15, 0.2) is 54.6 Å². The number of rotatable bonds is 2. The maximum Gasteiger partial charge on any atom is 0.160 e. The Morgan fingerprint density at radius 2 is 1.85 bits per heavy atom. The van der Waals surface area contributed by atoms with Crippen LogP contribution < -0.4 is 0 Å². The van der Waals surface area contributed by atoms with Crippen LogP contribution in [0.4, 0.5) is 8.78 Å². The van der Waals surface area contributed by atoms with Crippen LogP contribution in [0.5, 0.6) is 0 Å². The van der Waals surface area contributed by atoms with E-state index in [1.54, 1.807) is 6.07 Å². The third-order valence-electron chi connectivity index (χ3n) is 5.60. The quantitative estimate of drug-likeness (QED) is 0.451. The van der Waals surface area contributed by atoms with Crippen LogP contribution in [0.2, 0.25) is 0 Å². The zero-order chi connectivity index (χ0) is 18.8. The van der Waals surface area contributed by atoms with E-state index in [1.165, 1.54) is 28.0 Å². The maximum absolute atomic E-state index is 13.5. The van der Waals surface area contributed by atoms with Crippen molar-refractivity contribution in [2.45, 2.75) is 38.5 Å². The summed E-state index contributed by atoms with van der Waals surface area (Å²) in [6, 6.07) is 16.8. The van der Waals surface area contributed by atoms with Gasteiger partial charge in [0.25, 0.3) is 0 Å². The monoisotopic (exact) mass is 360 g/mol. The predicted octanol–water partition coefficient (Wildman–Crippen LogP) is 6.62. The molecule has 1 aliphatic carbocycles. The van der Waals surface area contributed by atoms with E-state index in [0.717, 1.165) is 31.7 Å². The molecule has 136 valence electrons. The second-order valence-corrected chi connectivity index (χ2v) is 7.32. The first-order chi connectivity index (χ1) is 13.2. The molecule has 2 atom stereocenters. The Kier molecular flexibility index (Phi) is 4.94. The van der Waals surface area contributed by atoms with E-state index in [-0.39, 0.29) is 5.92 Å². The van der Waals surface area contributed by atoms with Gasteiger partial charge in [-0.15, -0.1) is 0 Å². The summed E-state index contributed by atoms with van der Waals surface area (Å²) in [7, 11) is 0. The molecule has 0 N–H and O–H groups in total. The van der Waals surface area contributed by atoms with E-state index >= 15 is 0 Å². The summed E-state index contributed by atoms with van der Waals surface area (Å²) >= 11 is 0. The minimum atomic E-state index is -0.845. The highest BCUT2D eigenvalue weighted by Gasteiger charge is 2.28.